The monoisotopic (exact) mass is 262 g/mol. The van der Waals surface area contributed by atoms with Gasteiger partial charge in [0.1, 0.15) is 18.1 Å². The molecule has 2 heterocycles. The number of fused-ring (bicyclic) bond motifs is 1. The Labute approximate surface area is 110 Å². The van der Waals surface area contributed by atoms with Crippen LogP contribution in [0.3, 0.4) is 0 Å². The Kier molecular flexibility index (Phi) is 2.98. The standard InChI is InChI=1S/C13H14N2O4/c1-17-9-2-3-12-10(8-9)11(4-6-18-12)14-15-5-7-19-13(15)16/h2-3,8H,4-7H2,1H3. The predicted octanol–water partition coefficient (Wildman–Crippen LogP) is 1.63. The van der Waals surface area contributed by atoms with Crippen LogP contribution in [0.15, 0.2) is 23.3 Å². The Morgan fingerprint density at radius 3 is 2.95 bits per heavy atom. The smallest absolute Gasteiger partial charge is 0.430 e. The van der Waals surface area contributed by atoms with Gasteiger partial charge in [-0.25, -0.2) is 4.79 Å². The Hall–Kier alpha value is -2.24. The second kappa shape index (κ2) is 4.79. The van der Waals surface area contributed by atoms with E-state index in [9.17, 15) is 4.79 Å². The summed E-state index contributed by atoms with van der Waals surface area (Å²) in [4.78, 5) is 11.4. The highest BCUT2D eigenvalue weighted by atomic mass is 16.6. The highest BCUT2D eigenvalue weighted by Crippen LogP contribution is 2.29. The summed E-state index contributed by atoms with van der Waals surface area (Å²) in [5.74, 6) is 1.50. The van der Waals surface area contributed by atoms with Crippen LogP contribution in [-0.4, -0.2) is 43.7 Å². The average Bonchev–Trinajstić information content (AvgIpc) is 2.84. The van der Waals surface area contributed by atoms with E-state index in [1.54, 1.807) is 7.11 Å². The van der Waals surface area contributed by atoms with E-state index in [1.807, 2.05) is 18.2 Å². The largest absolute Gasteiger partial charge is 0.497 e. The summed E-state index contributed by atoms with van der Waals surface area (Å²) in [7, 11) is 1.61. The van der Waals surface area contributed by atoms with Gasteiger partial charge >= 0.3 is 6.09 Å². The van der Waals surface area contributed by atoms with Crippen LogP contribution in [-0.2, 0) is 4.74 Å². The van der Waals surface area contributed by atoms with Crippen LogP contribution in [0, 0.1) is 0 Å². The van der Waals surface area contributed by atoms with Gasteiger partial charge in [-0.15, -0.1) is 0 Å². The summed E-state index contributed by atoms with van der Waals surface area (Å²) in [6.07, 6.45) is 0.257. The van der Waals surface area contributed by atoms with E-state index in [1.165, 1.54) is 5.01 Å². The van der Waals surface area contributed by atoms with Gasteiger partial charge in [0, 0.05) is 12.0 Å². The quantitative estimate of drug-likeness (QED) is 0.812. The van der Waals surface area contributed by atoms with Gasteiger partial charge in [0.25, 0.3) is 0 Å². The Morgan fingerprint density at radius 1 is 1.32 bits per heavy atom. The van der Waals surface area contributed by atoms with E-state index >= 15 is 0 Å². The van der Waals surface area contributed by atoms with Crippen molar-refractivity contribution in [1.29, 1.82) is 0 Å². The SMILES string of the molecule is COc1ccc2c(c1)C(=NN1CCOC1=O)CCO2. The topological polar surface area (TPSA) is 60.4 Å². The van der Waals surface area contributed by atoms with E-state index in [4.69, 9.17) is 14.2 Å². The first kappa shape index (κ1) is 11.8. The number of nitrogens with zero attached hydrogens (tertiary/aromatic N) is 2. The van der Waals surface area contributed by atoms with Crippen molar-refractivity contribution in [3.63, 3.8) is 0 Å². The second-order valence-corrected chi connectivity index (χ2v) is 4.24. The molecule has 0 spiro atoms. The summed E-state index contributed by atoms with van der Waals surface area (Å²) < 4.78 is 15.6. The number of hydrogen-bond donors (Lipinski definition) is 0. The number of ether oxygens (including phenoxy) is 3. The molecule has 100 valence electrons. The van der Waals surface area contributed by atoms with Gasteiger partial charge < -0.3 is 14.2 Å². The number of amides is 1. The van der Waals surface area contributed by atoms with Crippen molar-refractivity contribution in [3.05, 3.63) is 23.8 Å². The van der Waals surface area contributed by atoms with E-state index < -0.39 is 6.09 Å². The van der Waals surface area contributed by atoms with Gasteiger partial charge in [0.2, 0.25) is 0 Å². The van der Waals surface area contributed by atoms with Crippen molar-refractivity contribution in [2.75, 3.05) is 26.9 Å². The maximum absolute atomic E-state index is 11.4. The first-order chi connectivity index (χ1) is 9.28. The van der Waals surface area contributed by atoms with Gasteiger partial charge in [0.05, 0.1) is 26.0 Å². The van der Waals surface area contributed by atoms with Gasteiger partial charge in [-0.1, -0.05) is 0 Å². The molecule has 0 radical (unpaired) electrons. The number of carbonyl (C=O) groups excluding carboxylic acids is 1. The molecule has 1 aromatic rings. The number of benzene rings is 1. The molecule has 6 nitrogen and oxygen atoms in total. The molecule has 1 amide bonds. The molecule has 0 aliphatic carbocycles. The molecule has 6 heteroatoms. The molecule has 0 atom stereocenters. The van der Waals surface area contributed by atoms with E-state index in [-0.39, 0.29) is 0 Å². The molecule has 0 aromatic heterocycles. The molecule has 0 bridgehead atoms. The molecule has 2 aliphatic rings. The van der Waals surface area contributed by atoms with Crippen LogP contribution in [0.5, 0.6) is 11.5 Å². The van der Waals surface area contributed by atoms with Crippen LogP contribution in [0.2, 0.25) is 0 Å². The third-order valence-electron chi connectivity index (χ3n) is 3.07. The minimum atomic E-state index is -0.400. The number of carbonyl (C=O) groups is 1. The second-order valence-electron chi connectivity index (χ2n) is 4.24. The summed E-state index contributed by atoms with van der Waals surface area (Å²) in [5.41, 5.74) is 1.68. The van der Waals surface area contributed by atoms with Crippen LogP contribution >= 0.6 is 0 Å². The van der Waals surface area contributed by atoms with Gasteiger partial charge in [-0.2, -0.15) is 10.1 Å². The zero-order chi connectivity index (χ0) is 13.2. The normalized spacial score (nSPS) is 19.9. The van der Waals surface area contributed by atoms with Crippen LogP contribution < -0.4 is 9.47 Å². The van der Waals surface area contributed by atoms with Crippen LogP contribution in [0.25, 0.3) is 0 Å². The summed E-state index contributed by atoms with van der Waals surface area (Å²) in [6, 6.07) is 5.56. The Morgan fingerprint density at radius 2 is 2.21 bits per heavy atom. The summed E-state index contributed by atoms with van der Waals surface area (Å²) in [6.45, 7) is 1.43. The van der Waals surface area contributed by atoms with Crippen molar-refractivity contribution in [1.82, 2.24) is 5.01 Å². The lowest BCUT2D eigenvalue weighted by Gasteiger charge is -2.20. The highest BCUT2D eigenvalue weighted by Gasteiger charge is 2.25. The average molecular weight is 262 g/mol. The maximum atomic E-state index is 11.4. The van der Waals surface area contributed by atoms with Crippen molar-refractivity contribution in [2.24, 2.45) is 5.10 Å². The summed E-state index contributed by atoms with van der Waals surface area (Å²) in [5, 5.41) is 5.72. The molecular weight excluding hydrogens is 248 g/mol. The Bertz CT molecular complexity index is 541. The fourth-order valence-electron chi connectivity index (χ4n) is 2.11. The molecule has 0 unspecified atom stereocenters. The fourth-order valence-corrected chi connectivity index (χ4v) is 2.11. The molecule has 1 saturated heterocycles. The van der Waals surface area contributed by atoms with Crippen molar-refractivity contribution < 1.29 is 19.0 Å². The molecule has 3 rings (SSSR count). The fraction of sp³-hybridized carbons (Fsp3) is 0.385. The molecular formula is C13H14N2O4. The molecule has 0 N–H and O–H groups in total. The van der Waals surface area contributed by atoms with Gasteiger partial charge in [-0.3, -0.25) is 0 Å². The first-order valence-electron chi connectivity index (χ1n) is 6.11. The summed E-state index contributed by atoms with van der Waals surface area (Å²) >= 11 is 0. The minimum Gasteiger partial charge on any atom is -0.497 e. The third kappa shape index (κ3) is 2.21. The van der Waals surface area contributed by atoms with Crippen molar-refractivity contribution in [3.8, 4) is 11.5 Å². The van der Waals surface area contributed by atoms with Gasteiger partial charge in [-0.05, 0) is 18.2 Å². The molecule has 1 fully saturated rings. The van der Waals surface area contributed by atoms with E-state index in [2.05, 4.69) is 5.10 Å². The number of hydrogen-bond acceptors (Lipinski definition) is 5. The maximum Gasteiger partial charge on any atom is 0.430 e. The molecule has 0 saturated carbocycles. The minimum absolute atomic E-state index is 0.386. The first-order valence-corrected chi connectivity index (χ1v) is 6.11. The molecule has 1 aromatic carbocycles. The predicted molar refractivity (Wildman–Crippen MR) is 67.7 cm³/mol. The molecule has 19 heavy (non-hydrogen) atoms. The lowest BCUT2D eigenvalue weighted by Crippen LogP contribution is -2.24. The number of methoxy groups -OCH3 is 1. The molecule has 2 aliphatic heterocycles. The van der Waals surface area contributed by atoms with Crippen LogP contribution in [0.4, 0.5) is 4.79 Å². The number of cyclic esters (lactones) is 1. The van der Waals surface area contributed by atoms with E-state index in [0.717, 1.165) is 22.8 Å². The van der Waals surface area contributed by atoms with E-state index in [0.29, 0.717) is 26.2 Å². The number of rotatable bonds is 2. The van der Waals surface area contributed by atoms with Crippen LogP contribution in [0.1, 0.15) is 12.0 Å². The lowest BCUT2D eigenvalue weighted by atomic mass is 10.0. The highest BCUT2D eigenvalue weighted by molar-refractivity contribution is 6.04. The zero-order valence-corrected chi connectivity index (χ0v) is 10.6. The van der Waals surface area contributed by atoms with Crippen molar-refractivity contribution >= 4 is 11.8 Å². The number of hydrazone groups is 1. The third-order valence-corrected chi connectivity index (χ3v) is 3.07. The lowest BCUT2D eigenvalue weighted by molar-refractivity contribution is 0.159. The van der Waals surface area contributed by atoms with Gasteiger partial charge in [0.15, 0.2) is 0 Å². The van der Waals surface area contributed by atoms with Crippen molar-refractivity contribution in [2.45, 2.75) is 6.42 Å². The zero-order valence-electron chi connectivity index (χ0n) is 10.6. The Balaban J connectivity index is 1.96.